The molecular weight excluding hydrogens is 342 g/mol. The summed E-state index contributed by atoms with van der Waals surface area (Å²) in [6, 6.07) is 5.88. The molecule has 2 aliphatic rings. The molecule has 4 rings (SSSR count). The van der Waals surface area contributed by atoms with Gasteiger partial charge in [0.2, 0.25) is 0 Å². The van der Waals surface area contributed by atoms with E-state index >= 15 is 0 Å². The minimum Gasteiger partial charge on any atom is -0.407 e. The Morgan fingerprint density at radius 1 is 1.23 bits per heavy atom. The molecule has 0 spiro atoms. The quantitative estimate of drug-likeness (QED) is 0.744. The molecule has 2 aromatic rings. The number of ether oxygens (including phenoxy) is 1. The van der Waals surface area contributed by atoms with Crippen molar-refractivity contribution in [1.82, 2.24) is 4.98 Å². The Labute approximate surface area is 156 Å². The predicted octanol–water partition coefficient (Wildman–Crippen LogP) is 5.13. The molecule has 0 aliphatic carbocycles. The van der Waals surface area contributed by atoms with Crippen LogP contribution in [-0.4, -0.2) is 19.4 Å². The average molecular weight is 372 g/mol. The highest BCUT2D eigenvalue weighted by Gasteiger charge is 2.47. The summed E-state index contributed by atoms with van der Waals surface area (Å²) < 4.78 is 13.1. The molecule has 4 nitrogen and oxygen atoms in total. The largest absolute Gasteiger partial charge is 0.407 e. The van der Waals surface area contributed by atoms with E-state index in [1.807, 2.05) is 13.0 Å². The summed E-state index contributed by atoms with van der Waals surface area (Å²) in [4.78, 5) is 16.1. The molecule has 0 radical (unpaired) electrons. The SMILES string of the molecule is Cc1cc(=O)c2c3c(ccc2[nH]1)[C@@H](O[Si](C)(C)C(C)(C)C)[C@H]1CC[C@@H]3O1. The Balaban J connectivity index is 1.89. The Morgan fingerprint density at radius 2 is 1.96 bits per heavy atom. The normalized spacial score (nSPS) is 25.5. The highest BCUT2D eigenvalue weighted by molar-refractivity contribution is 6.74. The van der Waals surface area contributed by atoms with Crippen LogP contribution in [-0.2, 0) is 9.16 Å². The minimum absolute atomic E-state index is 0.0155. The van der Waals surface area contributed by atoms with Crippen molar-refractivity contribution in [1.29, 1.82) is 0 Å². The first-order valence-electron chi connectivity index (χ1n) is 9.58. The molecule has 0 saturated carbocycles. The van der Waals surface area contributed by atoms with Crippen LogP contribution in [0.5, 0.6) is 0 Å². The first-order valence-corrected chi connectivity index (χ1v) is 12.5. The van der Waals surface area contributed by atoms with Crippen LogP contribution in [0.25, 0.3) is 10.9 Å². The second-order valence-corrected chi connectivity index (χ2v) is 14.1. The molecule has 140 valence electrons. The Hall–Kier alpha value is -1.43. The maximum atomic E-state index is 12.8. The van der Waals surface area contributed by atoms with Crippen molar-refractivity contribution in [3.63, 3.8) is 0 Å². The van der Waals surface area contributed by atoms with Crippen molar-refractivity contribution in [2.24, 2.45) is 0 Å². The number of benzene rings is 1. The van der Waals surface area contributed by atoms with Crippen LogP contribution in [0.15, 0.2) is 23.0 Å². The van der Waals surface area contributed by atoms with Gasteiger partial charge in [0.05, 0.1) is 23.7 Å². The fourth-order valence-corrected chi connectivity index (χ4v) is 5.32. The van der Waals surface area contributed by atoms with E-state index in [1.165, 1.54) is 0 Å². The number of rotatable bonds is 2. The lowest BCUT2D eigenvalue weighted by atomic mass is 9.92. The van der Waals surface area contributed by atoms with Crippen molar-refractivity contribution >= 4 is 19.2 Å². The third-order valence-corrected chi connectivity index (χ3v) is 10.9. The molecule has 1 fully saturated rings. The van der Waals surface area contributed by atoms with Gasteiger partial charge >= 0.3 is 0 Å². The van der Waals surface area contributed by atoms with Crippen LogP contribution in [0.2, 0.25) is 18.1 Å². The predicted molar refractivity (Wildman–Crippen MR) is 107 cm³/mol. The zero-order chi connectivity index (χ0) is 18.9. The molecular formula is C21H29NO3Si. The van der Waals surface area contributed by atoms with Gasteiger partial charge in [0.1, 0.15) is 0 Å². The number of aromatic amines is 1. The van der Waals surface area contributed by atoms with E-state index in [0.29, 0.717) is 0 Å². The van der Waals surface area contributed by atoms with E-state index in [0.717, 1.165) is 40.6 Å². The molecule has 1 aromatic heterocycles. The number of pyridine rings is 1. The van der Waals surface area contributed by atoms with Gasteiger partial charge in [0, 0.05) is 17.3 Å². The molecule has 2 bridgehead atoms. The van der Waals surface area contributed by atoms with Crippen LogP contribution in [0.3, 0.4) is 0 Å². The molecule has 5 heteroatoms. The van der Waals surface area contributed by atoms with Crippen molar-refractivity contribution in [3.8, 4) is 0 Å². The zero-order valence-electron chi connectivity index (χ0n) is 16.6. The van der Waals surface area contributed by atoms with Crippen LogP contribution < -0.4 is 5.43 Å². The molecule has 3 heterocycles. The third kappa shape index (κ3) is 2.68. The van der Waals surface area contributed by atoms with Crippen molar-refractivity contribution in [3.05, 3.63) is 45.2 Å². The van der Waals surface area contributed by atoms with Crippen LogP contribution in [0.1, 0.15) is 62.6 Å². The van der Waals surface area contributed by atoms with E-state index in [-0.39, 0.29) is 28.8 Å². The summed E-state index contributed by atoms with van der Waals surface area (Å²) in [7, 11) is -1.96. The van der Waals surface area contributed by atoms with E-state index in [4.69, 9.17) is 9.16 Å². The molecule has 0 amide bonds. The molecule has 2 aliphatic heterocycles. The van der Waals surface area contributed by atoms with Crippen molar-refractivity contribution in [2.45, 2.75) is 77.0 Å². The second-order valence-electron chi connectivity index (χ2n) is 9.35. The maximum Gasteiger partial charge on any atom is 0.193 e. The van der Waals surface area contributed by atoms with Crippen LogP contribution in [0.4, 0.5) is 0 Å². The summed E-state index contributed by atoms with van der Waals surface area (Å²) in [5.41, 5.74) is 4.08. The van der Waals surface area contributed by atoms with Gasteiger partial charge in [-0.1, -0.05) is 26.8 Å². The Kier molecular flexibility index (Phi) is 3.99. The summed E-state index contributed by atoms with van der Waals surface area (Å²) in [6.07, 6.45) is 1.99. The van der Waals surface area contributed by atoms with Gasteiger partial charge in [-0.2, -0.15) is 0 Å². The third-order valence-electron chi connectivity index (χ3n) is 6.45. The van der Waals surface area contributed by atoms with Gasteiger partial charge in [-0.05, 0) is 55.1 Å². The van der Waals surface area contributed by atoms with E-state index in [1.54, 1.807) is 6.07 Å². The second kappa shape index (κ2) is 5.78. The lowest BCUT2D eigenvalue weighted by Crippen LogP contribution is -2.44. The highest BCUT2D eigenvalue weighted by atomic mass is 28.4. The fourth-order valence-electron chi connectivity index (χ4n) is 4.05. The summed E-state index contributed by atoms with van der Waals surface area (Å²) in [5, 5.41) is 0.913. The number of aromatic nitrogens is 1. The molecule has 1 N–H and O–H groups in total. The van der Waals surface area contributed by atoms with E-state index < -0.39 is 8.32 Å². The Bertz CT molecular complexity index is 925. The van der Waals surface area contributed by atoms with Crippen molar-refractivity contribution in [2.75, 3.05) is 0 Å². The number of H-pyrrole nitrogens is 1. The minimum atomic E-state index is -1.96. The Morgan fingerprint density at radius 3 is 2.65 bits per heavy atom. The molecule has 26 heavy (non-hydrogen) atoms. The van der Waals surface area contributed by atoms with E-state index in [9.17, 15) is 4.79 Å². The lowest BCUT2D eigenvalue weighted by molar-refractivity contribution is -0.0467. The number of aryl methyl sites for hydroxylation is 1. The summed E-state index contributed by atoms with van der Waals surface area (Å²) >= 11 is 0. The number of hydrogen-bond acceptors (Lipinski definition) is 3. The zero-order valence-corrected chi connectivity index (χ0v) is 17.6. The molecule has 1 saturated heterocycles. The number of fused-ring (bicyclic) bond motifs is 6. The van der Waals surface area contributed by atoms with Gasteiger partial charge in [-0.3, -0.25) is 4.79 Å². The summed E-state index contributed by atoms with van der Waals surface area (Å²) in [5.74, 6) is 0. The maximum absolute atomic E-state index is 12.8. The standard InChI is InChI=1S/C21H29NO3Si/c1-12-11-15(23)19-14(22-12)8-7-13-18(19)16-9-10-17(24-16)20(13)25-26(5,6)21(2,3)4/h7-8,11,16-17,20H,9-10H2,1-6H3,(H,22,23)/t16-,17+,20+/m0/s1. The topological polar surface area (TPSA) is 51.3 Å². The molecule has 3 atom stereocenters. The number of nitrogens with one attached hydrogen (secondary N) is 1. The van der Waals surface area contributed by atoms with Gasteiger partial charge in [0.25, 0.3) is 0 Å². The highest BCUT2D eigenvalue weighted by Crippen LogP contribution is 2.51. The fraction of sp³-hybridized carbons (Fsp3) is 0.571. The van der Waals surface area contributed by atoms with Gasteiger partial charge in [-0.15, -0.1) is 0 Å². The van der Waals surface area contributed by atoms with Crippen molar-refractivity contribution < 1.29 is 9.16 Å². The first kappa shape index (κ1) is 18.0. The average Bonchev–Trinajstić information content (AvgIpc) is 2.94. The summed E-state index contributed by atoms with van der Waals surface area (Å²) in [6.45, 7) is 13.3. The number of hydrogen-bond donors (Lipinski definition) is 1. The first-order chi connectivity index (χ1) is 12.1. The lowest BCUT2D eigenvalue weighted by Gasteiger charge is -2.43. The van der Waals surface area contributed by atoms with Crippen LogP contribution >= 0.6 is 0 Å². The molecule has 0 unspecified atom stereocenters. The van der Waals surface area contributed by atoms with Gasteiger partial charge in [-0.25, -0.2) is 0 Å². The van der Waals surface area contributed by atoms with Gasteiger partial charge < -0.3 is 14.1 Å². The molecule has 1 aromatic carbocycles. The van der Waals surface area contributed by atoms with Crippen LogP contribution in [0, 0.1) is 6.92 Å². The smallest absolute Gasteiger partial charge is 0.193 e. The monoisotopic (exact) mass is 371 g/mol. The van der Waals surface area contributed by atoms with Gasteiger partial charge in [0.15, 0.2) is 13.7 Å². The van der Waals surface area contributed by atoms with E-state index in [2.05, 4.69) is 44.9 Å².